The molecular weight excluding hydrogens is 242 g/mol. The topological polar surface area (TPSA) is 79.4 Å². The van der Waals surface area contributed by atoms with Gasteiger partial charge in [0.1, 0.15) is 6.54 Å². The summed E-state index contributed by atoms with van der Waals surface area (Å²) in [4.78, 5) is 39.2. The summed E-state index contributed by atoms with van der Waals surface area (Å²) in [5.41, 5.74) is 0.818. The van der Waals surface area contributed by atoms with Gasteiger partial charge in [-0.3, -0.25) is 19.3 Å². The Morgan fingerprint density at radius 2 is 2.12 bits per heavy atom. The quantitative estimate of drug-likeness (QED) is 0.797. The standard InChI is InChI=1S/C10H11N3O3S/c1-6-5-17-10(11-6)12-7(14)4-13-8(15)2-3-9(13)16/h5H,2-4H2,1H3,(H,11,12,14). The predicted octanol–water partition coefficient (Wildman–Crippen LogP) is 0.539. The molecule has 1 aromatic heterocycles. The molecule has 2 rings (SSSR count). The molecule has 6 nitrogen and oxygen atoms in total. The summed E-state index contributed by atoms with van der Waals surface area (Å²) in [6.45, 7) is 1.59. The molecule has 0 radical (unpaired) electrons. The molecule has 0 aromatic carbocycles. The molecule has 1 N–H and O–H groups in total. The fraction of sp³-hybridized carbons (Fsp3) is 0.400. The Morgan fingerprint density at radius 3 is 2.65 bits per heavy atom. The van der Waals surface area contributed by atoms with Gasteiger partial charge in [0.15, 0.2) is 5.13 Å². The minimum atomic E-state index is -0.400. The summed E-state index contributed by atoms with van der Waals surface area (Å²) >= 11 is 1.31. The number of anilines is 1. The van der Waals surface area contributed by atoms with Gasteiger partial charge < -0.3 is 5.32 Å². The zero-order valence-electron chi connectivity index (χ0n) is 9.23. The van der Waals surface area contributed by atoms with E-state index < -0.39 is 5.91 Å². The van der Waals surface area contributed by atoms with Crippen LogP contribution in [0.5, 0.6) is 0 Å². The summed E-state index contributed by atoms with van der Waals surface area (Å²) < 4.78 is 0. The lowest BCUT2D eigenvalue weighted by Crippen LogP contribution is -2.36. The largest absolute Gasteiger partial charge is 0.300 e. The molecule has 0 bridgehead atoms. The van der Waals surface area contributed by atoms with Crippen LogP contribution in [0.2, 0.25) is 0 Å². The molecule has 0 atom stereocenters. The first kappa shape index (κ1) is 11.7. The number of nitrogens with zero attached hydrogens (tertiary/aromatic N) is 2. The van der Waals surface area contributed by atoms with Crippen molar-refractivity contribution in [1.82, 2.24) is 9.88 Å². The van der Waals surface area contributed by atoms with Crippen LogP contribution in [0.3, 0.4) is 0 Å². The van der Waals surface area contributed by atoms with Gasteiger partial charge in [-0.05, 0) is 6.92 Å². The second-order valence-electron chi connectivity index (χ2n) is 3.72. The van der Waals surface area contributed by atoms with E-state index >= 15 is 0 Å². The van der Waals surface area contributed by atoms with Gasteiger partial charge >= 0.3 is 0 Å². The number of nitrogens with one attached hydrogen (secondary N) is 1. The summed E-state index contributed by atoms with van der Waals surface area (Å²) in [5, 5.41) is 4.84. The normalized spacial score (nSPS) is 15.5. The molecule has 0 aliphatic carbocycles. The molecule has 0 unspecified atom stereocenters. The van der Waals surface area contributed by atoms with Crippen LogP contribution < -0.4 is 5.32 Å². The van der Waals surface area contributed by atoms with Crippen LogP contribution in [0, 0.1) is 6.92 Å². The van der Waals surface area contributed by atoms with Gasteiger partial charge in [-0.2, -0.15) is 0 Å². The highest BCUT2D eigenvalue weighted by Gasteiger charge is 2.30. The van der Waals surface area contributed by atoms with Gasteiger partial charge in [0.05, 0.1) is 5.69 Å². The van der Waals surface area contributed by atoms with E-state index in [9.17, 15) is 14.4 Å². The molecule has 7 heteroatoms. The van der Waals surface area contributed by atoms with E-state index in [1.165, 1.54) is 11.3 Å². The molecular formula is C10H11N3O3S. The average molecular weight is 253 g/mol. The molecule has 2 heterocycles. The number of likely N-dealkylation sites (tertiary alicyclic amines) is 1. The lowest BCUT2D eigenvalue weighted by atomic mass is 10.4. The predicted molar refractivity (Wildman–Crippen MR) is 61.4 cm³/mol. The lowest BCUT2D eigenvalue weighted by Gasteiger charge is -2.12. The number of thiazole rings is 1. The number of imide groups is 1. The van der Waals surface area contributed by atoms with Gasteiger partial charge in [0, 0.05) is 18.2 Å². The van der Waals surface area contributed by atoms with Crippen LogP contribution >= 0.6 is 11.3 Å². The van der Waals surface area contributed by atoms with Crippen LogP contribution in [-0.2, 0) is 14.4 Å². The summed E-state index contributed by atoms with van der Waals surface area (Å²) in [7, 11) is 0. The third kappa shape index (κ3) is 2.68. The third-order valence-corrected chi connectivity index (χ3v) is 3.20. The maximum absolute atomic E-state index is 11.6. The molecule has 0 saturated carbocycles. The van der Waals surface area contributed by atoms with E-state index in [-0.39, 0.29) is 31.2 Å². The first-order valence-corrected chi connectivity index (χ1v) is 5.99. The van der Waals surface area contributed by atoms with E-state index in [4.69, 9.17) is 0 Å². The summed E-state index contributed by atoms with van der Waals surface area (Å²) in [6, 6.07) is 0. The zero-order chi connectivity index (χ0) is 12.4. The maximum atomic E-state index is 11.6. The highest BCUT2D eigenvalue weighted by atomic mass is 32.1. The van der Waals surface area contributed by atoms with Gasteiger partial charge in [0.25, 0.3) is 0 Å². The van der Waals surface area contributed by atoms with Crippen molar-refractivity contribution in [2.75, 3.05) is 11.9 Å². The minimum Gasteiger partial charge on any atom is -0.300 e. The summed E-state index contributed by atoms with van der Waals surface area (Å²) in [6.07, 6.45) is 0.394. The maximum Gasteiger partial charge on any atom is 0.246 e. The SMILES string of the molecule is Cc1csc(NC(=O)CN2C(=O)CCC2=O)n1. The molecule has 90 valence electrons. The van der Waals surface area contributed by atoms with E-state index in [0.717, 1.165) is 10.6 Å². The van der Waals surface area contributed by atoms with E-state index in [1.54, 1.807) is 0 Å². The van der Waals surface area contributed by atoms with Crippen molar-refractivity contribution >= 4 is 34.2 Å². The number of aromatic nitrogens is 1. The molecule has 17 heavy (non-hydrogen) atoms. The molecule has 1 aliphatic rings. The Bertz CT molecular complexity index is 467. The van der Waals surface area contributed by atoms with Crippen LogP contribution in [0.4, 0.5) is 5.13 Å². The second kappa shape index (κ2) is 4.62. The van der Waals surface area contributed by atoms with Crippen LogP contribution in [0.25, 0.3) is 0 Å². The third-order valence-electron chi connectivity index (χ3n) is 2.32. The Hall–Kier alpha value is -1.76. The van der Waals surface area contributed by atoms with Crippen molar-refractivity contribution in [3.63, 3.8) is 0 Å². The smallest absolute Gasteiger partial charge is 0.246 e. The summed E-state index contributed by atoms with van der Waals surface area (Å²) in [5.74, 6) is -0.983. The number of rotatable bonds is 3. The number of amides is 3. The molecule has 1 fully saturated rings. The molecule has 0 spiro atoms. The lowest BCUT2D eigenvalue weighted by molar-refractivity contribution is -0.141. The number of hydrogen-bond acceptors (Lipinski definition) is 5. The van der Waals surface area contributed by atoms with E-state index in [0.29, 0.717) is 5.13 Å². The van der Waals surface area contributed by atoms with Crippen molar-refractivity contribution < 1.29 is 14.4 Å². The van der Waals surface area contributed by atoms with Crippen molar-refractivity contribution in [3.05, 3.63) is 11.1 Å². The minimum absolute atomic E-state index is 0.197. The Balaban J connectivity index is 1.93. The van der Waals surface area contributed by atoms with Crippen molar-refractivity contribution in [3.8, 4) is 0 Å². The Kier molecular flexibility index (Phi) is 3.19. The number of aryl methyl sites for hydroxylation is 1. The van der Waals surface area contributed by atoms with Crippen molar-refractivity contribution in [2.45, 2.75) is 19.8 Å². The molecule has 1 aliphatic heterocycles. The zero-order valence-corrected chi connectivity index (χ0v) is 10.0. The fourth-order valence-corrected chi connectivity index (χ4v) is 2.22. The first-order valence-electron chi connectivity index (χ1n) is 5.11. The second-order valence-corrected chi connectivity index (χ2v) is 4.57. The van der Waals surface area contributed by atoms with Gasteiger partial charge in [-0.25, -0.2) is 4.98 Å². The Morgan fingerprint density at radius 1 is 1.47 bits per heavy atom. The van der Waals surface area contributed by atoms with Gasteiger partial charge in [-0.1, -0.05) is 0 Å². The van der Waals surface area contributed by atoms with Gasteiger partial charge in [0.2, 0.25) is 17.7 Å². The monoisotopic (exact) mass is 253 g/mol. The average Bonchev–Trinajstić information content (AvgIpc) is 2.79. The fourth-order valence-electron chi connectivity index (χ4n) is 1.51. The first-order chi connectivity index (χ1) is 8.06. The van der Waals surface area contributed by atoms with Gasteiger partial charge in [-0.15, -0.1) is 11.3 Å². The number of hydrogen-bond donors (Lipinski definition) is 1. The molecule has 1 saturated heterocycles. The highest BCUT2D eigenvalue weighted by molar-refractivity contribution is 7.13. The molecule has 3 amide bonds. The van der Waals surface area contributed by atoms with Crippen molar-refractivity contribution in [1.29, 1.82) is 0 Å². The Labute approximate surface area is 102 Å². The van der Waals surface area contributed by atoms with E-state index in [2.05, 4.69) is 10.3 Å². The number of carbonyl (C=O) groups is 3. The highest BCUT2D eigenvalue weighted by Crippen LogP contribution is 2.15. The van der Waals surface area contributed by atoms with E-state index in [1.807, 2.05) is 12.3 Å². The van der Waals surface area contributed by atoms with Crippen molar-refractivity contribution in [2.24, 2.45) is 0 Å². The molecule has 1 aromatic rings. The number of carbonyl (C=O) groups excluding carboxylic acids is 3. The van der Waals surface area contributed by atoms with Crippen LogP contribution in [-0.4, -0.2) is 34.2 Å². The van der Waals surface area contributed by atoms with Crippen LogP contribution in [0.1, 0.15) is 18.5 Å². The van der Waals surface area contributed by atoms with Crippen LogP contribution in [0.15, 0.2) is 5.38 Å².